The number of benzene rings is 10. The summed E-state index contributed by atoms with van der Waals surface area (Å²) in [7, 11) is 0. The summed E-state index contributed by atoms with van der Waals surface area (Å²) in [5.41, 5.74) is 18.5. The summed E-state index contributed by atoms with van der Waals surface area (Å²) < 4.78 is 0. The number of nitrogens with zero attached hydrogens (tertiary/aromatic N) is 1. The second kappa shape index (κ2) is 13.7. The zero-order valence-electron chi connectivity index (χ0n) is 31.3. The van der Waals surface area contributed by atoms with Gasteiger partial charge in [-0.05, 0) is 137 Å². The third-order valence-corrected chi connectivity index (χ3v) is 11.5. The first-order valence-electron chi connectivity index (χ1n) is 19.7. The Morgan fingerprint density at radius 2 is 0.614 bits per heavy atom. The highest BCUT2D eigenvalue weighted by Crippen LogP contribution is 2.60. The molecule has 0 heterocycles. The molecule has 1 nitrogen and oxygen atoms in total. The van der Waals surface area contributed by atoms with Gasteiger partial charge in [0.25, 0.3) is 0 Å². The number of hydrogen-bond acceptors (Lipinski definition) is 1. The van der Waals surface area contributed by atoms with Crippen LogP contribution in [0.25, 0.3) is 88.3 Å². The number of rotatable bonds is 7. The van der Waals surface area contributed by atoms with Crippen LogP contribution in [0.2, 0.25) is 0 Å². The van der Waals surface area contributed by atoms with Gasteiger partial charge in [0.2, 0.25) is 0 Å². The van der Waals surface area contributed by atoms with Gasteiger partial charge in [0.15, 0.2) is 0 Å². The summed E-state index contributed by atoms with van der Waals surface area (Å²) in [6, 6.07) is 81.7. The fraction of sp³-hybridized carbons (Fsp3) is 0. The zero-order valence-corrected chi connectivity index (χ0v) is 31.3. The summed E-state index contributed by atoms with van der Waals surface area (Å²) in [6.45, 7) is 0. The standard InChI is InChI=1S/C56H37N/c1-5-17-38(18-6-1)42-25-15-27-46(33-42)57(47-28-16-26-43(34-47)39-19-7-2-8-20-39)48-32-31-44-36-51-52(37-45(44)35-48)56-54(41-23-11-4-12-24-41)50-30-14-13-29-49(50)53(55(51)56)40-21-9-3-10-22-40/h1-37H. The molecule has 0 atom stereocenters. The van der Waals surface area contributed by atoms with E-state index in [1.165, 1.54) is 88.3 Å². The molecule has 11 rings (SSSR count). The SMILES string of the molecule is c1ccc(-c2cccc(N(c3cccc(-c4ccccc4)c3)c3ccc4cc5c(cc4c3)-c3c-5c(-c4ccccc4)c4ccccc4c3-c3ccccc3)c2)cc1. The minimum absolute atomic E-state index is 1.11. The van der Waals surface area contributed by atoms with Crippen molar-refractivity contribution in [3.8, 4) is 66.8 Å². The van der Waals surface area contributed by atoms with Crippen molar-refractivity contribution in [3.05, 3.63) is 224 Å². The third kappa shape index (κ3) is 5.63. The lowest BCUT2D eigenvalue weighted by Gasteiger charge is -2.33. The second-order valence-electron chi connectivity index (χ2n) is 14.9. The lowest BCUT2D eigenvalue weighted by atomic mass is 9.70. The fourth-order valence-corrected chi connectivity index (χ4v) is 8.92. The molecule has 0 amide bonds. The maximum absolute atomic E-state index is 2.44. The minimum Gasteiger partial charge on any atom is -0.310 e. The highest BCUT2D eigenvalue weighted by atomic mass is 15.1. The molecule has 0 radical (unpaired) electrons. The molecule has 0 bridgehead atoms. The molecule has 0 aromatic heterocycles. The fourth-order valence-electron chi connectivity index (χ4n) is 8.92. The normalized spacial score (nSPS) is 11.5. The smallest absolute Gasteiger partial charge is 0.0468 e. The van der Waals surface area contributed by atoms with Gasteiger partial charge in [-0.3, -0.25) is 0 Å². The molecule has 266 valence electrons. The van der Waals surface area contributed by atoms with Crippen molar-refractivity contribution in [2.24, 2.45) is 0 Å². The topological polar surface area (TPSA) is 3.24 Å². The maximum atomic E-state index is 2.44. The van der Waals surface area contributed by atoms with Crippen molar-refractivity contribution in [2.75, 3.05) is 4.90 Å². The van der Waals surface area contributed by atoms with Gasteiger partial charge in [0, 0.05) is 17.1 Å². The second-order valence-corrected chi connectivity index (χ2v) is 14.9. The van der Waals surface area contributed by atoms with Gasteiger partial charge in [-0.15, -0.1) is 0 Å². The van der Waals surface area contributed by atoms with E-state index in [4.69, 9.17) is 0 Å². The zero-order chi connectivity index (χ0) is 37.7. The van der Waals surface area contributed by atoms with Crippen LogP contribution >= 0.6 is 0 Å². The quantitative estimate of drug-likeness (QED) is 0.158. The molecule has 0 saturated heterocycles. The first-order chi connectivity index (χ1) is 28.3. The van der Waals surface area contributed by atoms with Gasteiger partial charge in [-0.1, -0.05) is 176 Å². The first kappa shape index (κ1) is 32.9. The molecule has 0 spiro atoms. The molecular formula is C56H37N. The average molecular weight is 724 g/mol. The number of anilines is 3. The molecule has 10 aromatic rings. The third-order valence-electron chi connectivity index (χ3n) is 11.5. The van der Waals surface area contributed by atoms with Gasteiger partial charge in [0.05, 0.1) is 0 Å². The van der Waals surface area contributed by atoms with E-state index in [1.54, 1.807) is 0 Å². The Bertz CT molecular complexity index is 3010. The van der Waals surface area contributed by atoms with E-state index < -0.39 is 0 Å². The van der Waals surface area contributed by atoms with Crippen molar-refractivity contribution in [1.82, 2.24) is 0 Å². The Morgan fingerprint density at radius 3 is 1.09 bits per heavy atom. The molecule has 0 aliphatic heterocycles. The van der Waals surface area contributed by atoms with Crippen LogP contribution in [0.1, 0.15) is 0 Å². The van der Waals surface area contributed by atoms with E-state index in [2.05, 4.69) is 229 Å². The summed E-state index contributed by atoms with van der Waals surface area (Å²) >= 11 is 0. The Labute approximate surface area is 333 Å². The number of hydrogen-bond donors (Lipinski definition) is 0. The van der Waals surface area contributed by atoms with Crippen molar-refractivity contribution in [2.45, 2.75) is 0 Å². The van der Waals surface area contributed by atoms with Crippen LogP contribution in [0.15, 0.2) is 224 Å². The Morgan fingerprint density at radius 1 is 0.228 bits per heavy atom. The predicted octanol–water partition coefficient (Wildman–Crippen LogP) is 15.8. The molecule has 1 aliphatic rings. The highest BCUT2D eigenvalue weighted by molar-refractivity contribution is 6.26. The van der Waals surface area contributed by atoms with E-state index in [9.17, 15) is 0 Å². The van der Waals surface area contributed by atoms with E-state index in [0.717, 1.165) is 17.1 Å². The molecule has 0 unspecified atom stereocenters. The van der Waals surface area contributed by atoms with E-state index in [0.29, 0.717) is 0 Å². The molecule has 0 N–H and O–H groups in total. The molecule has 57 heavy (non-hydrogen) atoms. The molecule has 10 aromatic carbocycles. The van der Waals surface area contributed by atoms with E-state index >= 15 is 0 Å². The Kier molecular flexibility index (Phi) is 7.89. The number of fused-ring (bicyclic) bond motifs is 6. The minimum atomic E-state index is 1.11. The van der Waals surface area contributed by atoms with Gasteiger partial charge in [-0.2, -0.15) is 0 Å². The van der Waals surface area contributed by atoms with Crippen LogP contribution in [-0.4, -0.2) is 0 Å². The van der Waals surface area contributed by atoms with E-state index in [1.807, 2.05) is 0 Å². The summed E-state index contributed by atoms with van der Waals surface area (Å²) in [6.07, 6.45) is 0. The van der Waals surface area contributed by atoms with Crippen LogP contribution < -0.4 is 4.90 Å². The lowest BCUT2D eigenvalue weighted by molar-refractivity contribution is 1.29. The lowest BCUT2D eigenvalue weighted by Crippen LogP contribution is -2.10. The van der Waals surface area contributed by atoms with Crippen molar-refractivity contribution < 1.29 is 0 Å². The van der Waals surface area contributed by atoms with Gasteiger partial charge in [-0.25, -0.2) is 0 Å². The van der Waals surface area contributed by atoms with Crippen molar-refractivity contribution in [3.63, 3.8) is 0 Å². The Hall–Kier alpha value is -7.48. The predicted molar refractivity (Wildman–Crippen MR) is 242 cm³/mol. The molecule has 1 heteroatoms. The average Bonchev–Trinajstić information content (AvgIpc) is 3.29. The summed E-state index contributed by atoms with van der Waals surface area (Å²) in [5, 5.41) is 5.01. The first-order valence-corrected chi connectivity index (χ1v) is 19.7. The Balaban J connectivity index is 1.12. The molecular weight excluding hydrogens is 687 g/mol. The van der Waals surface area contributed by atoms with Gasteiger partial charge in [0.1, 0.15) is 0 Å². The van der Waals surface area contributed by atoms with Crippen LogP contribution in [-0.2, 0) is 0 Å². The van der Waals surface area contributed by atoms with Crippen LogP contribution in [0.4, 0.5) is 17.1 Å². The van der Waals surface area contributed by atoms with Crippen LogP contribution in [0.3, 0.4) is 0 Å². The monoisotopic (exact) mass is 723 g/mol. The summed E-state index contributed by atoms with van der Waals surface area (Å²) in [5.74, 6) is 0. The molecule has 0 fully saturated rings. The molecule has 1 aliphatic carbocycles. The van der Waals surface area contributed by atoms with Gasteiger partial charge >= 0.3 is 0 Å². The van der Waals surface area contributed by atoms with Crippen molar-refractivity contribution in [1.29, 1.82) is 0 Å². The van der Waals surface area contributed by atoms with Crippen molar-refractivity contribution >= 4 is 38.6 Å². The maximum Gasteiger partial charge on any atom is 0.0468 e. The van der Waals surface area contributed by atoms with E-state index in [-0.39, 0.29) is 0 Å². The summed E-state index contributed by atoms with van der Waals surface area (Å²) in [4.78, 5) is 2.40. The largest absolute Gasteiger partial charge is 0.310 e. The van der Waals surface area contributed by atoms with Gasteiger partial charge < -0.3 is 4.90 Å². The molecule has 0 saturated carbocycles. The van der Waals surface area contributed by atoms with Crippen LogP contribution in [0, 0.1) is 0 Å². The highest BCUT2D eigenvalue weighted by Gasteiger charge is 2.32. The van der Waals surface area contributed by atoms with Crippen LogP contribution in [0.5, 0.6) is 0 Å².